The molecule has 0 radical (unpaired) electrons. The van der Waals surface area contributed by atoms with Crippen molar-refractivity contribution in [1.82, 2.24) is 5.32 Å². The topological polar surface area (TPSA) is 21.3 Å². The average Bonchev–Trinajstić information content (AvgIpc) is 2.33. The van der Waals surface area contributed by atoms with Gasteiger partial charge in [0.1, 0.15) is 0 Å². The highest BCUT2D eigenvalue weighted by Crippen LogP contribution is 2.17. The maximum Gasteiger partial charge on any atom is 0.0465 e. The van der Waals surface area contributed by atoms with Gasteiger partial charge in [0.2, 0.25) is 0 Å². The lowest BCUT2D eigenvalue weighted by atomic mass is 9.93. The summed E-state index contributed by atoms with van der Waals surface area (Å²) in [5.74, 6) is 0.610. The van der Waals surface area contributed by atoms with E-state index in [0.29, 0.717) is 12.0 Å². The van der Waals surface area contributed by atoms with Crippen molar-refractivity contribution in [1.29, 1.82) is 0 Å². The molecule has 0 aromatic heterocycles. The zero-order valence-corrected chi connectivity index (χ0v) is 12.5. The second-order valence-corrected chi connectivity index (χ2v) is 5.40. The van der Waals surface area contributed by atoms with E-state index in [2.05, 4.69) is 52.4 Å². The monoisotopic (exact) mass is 299 g/mol. The molecule has 0 aliphatic heterocycles. The van der Waals surface area contributed by atoms with Crippen LogP contribution in [0.1, 0.15) is 18.9 Å². The van der Waals surface area contributed by atoms with Crippen molar-refractivity contribution >= 4 is 15.9 Å². The first-order valence-corrected chi connectivity index (χ1v) is 6.87. The van der Waals surface area contributed by atoms with Crippen molar-refractivity contribution in [3.63, 3.8) is 0 Å². The van der Waals surface area contributed by atoms with Crippen LogP contribution in [0.15, 0.2) is 28.7 Å². The van der Waals surface area contributed by atoms with Crippen LogP contribution in [0.3, 0.4) is 0 Å². The van der Waals surface area contributed by atoms with Crippen molar-refractivity contribution in [3.05, 3.63) is 34.3 Å². The largest absolute Gasteiger partial charge is 0.385 e. The Labute approximate surface area is 113 Å². The van der Waals surface area contributed by atoms with Gasteiger partial charge in [-0.25, -0.2) is 0 Å². The Morgan fingerprint density at radius 1 is 1.41 bits per heavy atom. The predicted octanol–water partition coefficient (Wildman–Crippen LogP) is 3.25. The van der Waals surface area contributed by atoms with Gasteiger partial charge in [-0.2, -0.15) is 0 Å². The molecule has 0 amide bonds. The summed E-state index contributed by atoms with van der Waals surface area (Å²) in [6.07, 6.45) is 2.15. The fourth-order valence-electron chi connectivity index (χ4n) is 2.01. The highest BCUT2D eigenvalue weighted by atomic mass is 79.9. The van der Waals surface area contributed by atoms with Crippen molar-refractivity contribution < 1.29 is 4.74 Å². The summed E-state index contributed by atoms with van der Waals surface area (Å²) in [4.78, 5) is 0. The van der Waals surface area contributed by atoms with E-state index in [1.165, 1.54) is 5.56 Å². The van der Waals surface area contributed by atoms with Gasteiger partial charge in [0, 0.05) is 24.2 Å². The summed E-state index contributed by atoms with van der Waals surface area (Å²) in [6, 6.07) is 9.02. The van der Waals surface area contributed by atoms with Gasteiger partial charge in [-0.3, -0.25) is 0 Å². The van der Waals surface area contributed by atoms with Gasteiger partial charge in [-0.05, 0) is 43.5 Å². The van der Waals surface area contributed by atoms with Crippen molar-refractivity contribution in [3.8, 4) is 0 Å². The first-order chi connectivity index (χ1) is 8.17. The quantitative estimate of drug-likeness (QED) is 0.834. The van der Waals surface area contributed by atoms with Crippen LogP contribution in [-0.4, -0.2) is 26.8 Å². The molecule has 2 nitrogen and oxygen atoms in total. The Kier molecular flexibility index (Phi) is 6.78. The molecule has 0 fully saturated rings. The number of hydrogen-bond donors (Lipinski definition) is 1. The van der Waals surface area contributed by atoms with Crippen LogP contribution < -0.4 is 5.32 Å². The van der Waals surface area contributed by atoms with E-state index in [-0.39, 0.29) is 0 Å². The maximum absolute atomic E-state index is 5.14. The lowest BCUT2D eigenvalue weighted by molar-refractivity contribution is 0.171. The summed E-state index contributed by atoms with van der Waals surface area (Å²) in [7, 11) is 3.79. The summed E-state index contributed by atoms with van der Waals surface area (Å²) >= 11 is 3.51. The number of ether oxygens (including phenoxy) is 1. The minimum absolute atomic E-state index is 0.499. The Hall–Kier alpha value is -0.380. The summed E-state index contributed by atoms with van der Waals surface area (Å²) < 4.78 is 6.29. The molecule has 0 heterocycles. The number of hydrogen-bond acceptors (Lipinski definition) is 2. The first-order valence-electron chi connectivity index (χ1n) is 6.08. The molecule has 1 aromatic carbocycles. The third-order valence-corrected chi connectivity index (χ3v) is 3.67. The number of likely N-dealkylation sites (N-methyl/N-ethyl adjacent to an activating group) is 1. The van der Waals surface area contributed by atoms with Crippen molar-refractivity contribution in [2.45, 2.75) is 25.8 Å². The molecular weight excluding hydrogens is 278 g/mol. The van der Waals surface area contributed by atoms with E-state index in [1.54, 1.807) is 7.11 Å². The SMILES string of the molecule is CNC(Cc1cccc(Br)c1)C(C)CCOC. The second kappa shape index (κ2) is 7.85. The standard InChI is InChI=1S/C14H22BrNO/c1-11(7-8-17-3)14(16-2)10-12-5-4-6-13(15)9-12/h4-6,9,11,14,16H,7-8,10H2,1-3H3. The summed E-state index contributed by atoms with van der Waals surface area (Å²) in [5, 5.41) is 3.41. The van der Waals surface area contributed by atoms with Gasteiger partial charge in [0.25, 0.3) is 0 Å². The number of nitrogens with one attached hydrogen (secondary N) is 1. The van der Waals surface area contributed by atoms with E-state index in [4.69, 9.17) is 4.74 Å². The van der Waals surface area contributed by atoms with Crippen molar-refractivity contribution in [2.24, 2.45) is 5.92 Å². The van der Waals surface area contributed by atoms with E-state index in [9.17, 15) is 0 Å². The highest BCUT2D eigenvalue weighted by Gasteiger charge is 2.15. The third kappa shape index (κ3) is 5.19. The molecule has 0 saturated carbocycles. The van der Waals surface area contributed by atoms with Gasteiger partial charge in [0.15, 0.2) is 0 Å². The molecule has 3 heteroatoms. The molecule has 0 aliphatic rings. The Morgan fingerprint density at radius 2 is 2.18 bits per heavy atom. The Bertz CT molecular complexity index is 330. The van der Waals surface area contributed by atoms with E-state index < -0.39 is 0 Å². The van der Waals surface area contributed by atoms with Crippen LogP contribution in [0.4, 0.5) is 0 Å². The van der Waals surface area contributed by atoms with E-state index in [1.807, 2.05) is 7.05 Å². The molecule has 2 atom stereocenters. The molecule has 0 saturated heterocycles. The van der Waals surface area contributed by atoms with Gasteiger partial charge in [0.05, 0.1) is 0 Å². The predicted molar refractivity (Wildman–Crippen MR) is 76.4 cm³/mol. The molecule has 0 bridgehead atoms. The normalized spacial score (nSPS) is 14.6. The molecular formula is C14H22BrNO. The van der Waals surface area contributed by atoms with Crippen LogP contribution in [-0.2, 0) is 11.2 Å². The maximum atomic E-state index is 5.14. The average molecular weight is 300 g/mol. The minimum Gasteiger partial charge on any atom is -0.385 e. The molecule has 2 unspecified atom stereocenters. The molecule has 0 spiro atoms. The third-order valence-electron chi connectivity index (χ3n) is 3.18. The van der Waals surface area contributed by atoms with Crippen LogP contribution in [0.5, 0.6) is 0 Å². The minimum atomic E-state index is 0.499. The van der Waals surface area contributed by atoms with Gasteiger partial charge in [-0.1, -0.05) is 35.0 Å². The zero-order chi connectivity index (χ0) is 12.7. The lowest BCUT2D eigenvalue weighted by Gasteiger charge is -2.23. The number of methoxy groups -OCH3 is 1. The number of halogens is 1. The smallest absolute Gasteiger partial charge is 0.0465 e. The van der Waals surface area contributed by atoms with Crippen LogP contribution in [0, 0.1) is 5.92 Å². The van der Waals surface area contributed by atoms with Crippen LogP contribution >= 0.6 is 15.9 Å². The second-order valence-electron chi connectivity index (χ2n) is 4.49. The number of rotatable bonds is 7. The first kappa shape index (κ1) is 14.7. The Morgan fingerprint density at radius 3 is 2.76 bits per heavy atom. The molecule has 1 aromatic rings. The molecule has 0 aliphatic carbocycles. The number of benzene rings is 1. The van der Waals surface area contributed by atoms with E-state index >= 15 is 0 Å². The van der Waals surface area contributed by atoms with Gasteiger partial charge >= 0.3 is 0 Å². The fraction of sp³-hybridized carbons (Fsp3) is 0.571. The van der Waals surface area contributed by atoms with Crippen LogP contribution in [0.25, 0.3) is 0 Å². The Balaban J connectivity index is 2.56. The van der Waals surface area contributed by atoms with Crippen LogP contribution in [0.2, 0.25) is 0 Å². The van der Waals surface area contributed by atoms with Crippen molar-refractivity contribution in [2.75, 3.05) is 20.8 Å². The van der Waals surface area contributed by atoms with E-state index in [0.717, 1.165) is 23.9 Å². The summed E-state index contributed by atoms with van der Waals surface area (Å²) in [5.41, 5.74) is 1.36. The molecule has 96 valence electrons. The fourth-order valence-corrected chi connectivity index (χ4v) is 2.46. The molecule has 17 heavy (non-hydrogen) atoms. The zero-order valence-electron chi connectivity index (χ0n) is 10.9. The van der Waals surface area contributed by atoms with Gasteiger partial charge in [-0.15, -0.1) is 0 Å². The highest BCUT2D eigenvalue weighted by molar-refractivity contribution is 9.10. The van der Waals surface area contributed by atoms with Gasteiger partial charge < -0.3 is 10.1 Å². The summed E-state index contributed by atoms with van der Waals surface area (Å²) in [6.45, 7) is 3.11. The molecule has 1 N–H and O–H groups in total. The molecule has 1 rings (SSSR count). The lowest BCUT2D eigenvalue weighted by Crippen LogP contribution is -2.34.